The van der Waals surface area contributed by atoms with Crippen molar-refractivity contribution in [3.63, 3.8) is 0 Å². The van der Waals surface area contributed by atoms with Crippen LogP contribution < -0.4 is 0 Å². The molecule has 0 radical (unpaired) electrons. The Bertz CT molecular complexity index is 402. The number of carbonyl (C=O) groups is 1. The van der Waals surface area contributed by atoms with Gasteiger partial charge in [-0.05, 0) is 25.5 Å². The third-order valence-corrected chi connectivity index (χ3v) is 2.07. The van der Waals surface area contributed by atoms with Gasteiger partial charge in [-0.2, -0.15) is 4.39 Å². The number of carbonyl (C=O) groups excluding carboxylic acids is 1. The molecule has 4 heteroatoms. The number of aromatic nitrogens is 1. The molecule has 0 atom stereocenters. The summed E-state index contributed by atoms with van der Waals surface area (Å²) in [4.78, 5) is 14.5. The molecule has 0 aromatic carbocycles. The van der Waals surface area contributed by atoms with Gasteiger partial charge in [-0.3, -0.25) is 4.79 Å². The minimum atomic E-state index is -0.488. The maximum atomic E-state index is 13.0. The lowest BCUT2D eigenvalue weighted by Crippen LogP contribution is -2.01. The van der Waals surface area contributed by atoms with Gasteiger partial charge in [0.1, 0.15) is 0 Å². The van der Waals surface area contributed by atoms with Crippen LogP contribution in [0.1, 0.15) is 24.5 Å². The average molecular weight is 223 g/mol. The van der Waals surface area contributed by atoms with E-state index in [4.69, 9.17) is 4.74 Å². The summed E-state index contributed by atoms with van der Waals surface area (Å²) in [6, 6.07) is 1.69. The normalized spacial score (nSPS) is 10.7. The van der Waals surface area contributed by atoms with Crippen molar-refractivity contribution in [1.82, 2.24) is 4.98 Å². The number of nitrogens with zero attached hydrogens (tertiary/aromatic N) is 1. The number of esters is 1. The number of halogens is 1. The molecule has 3 nitrogen and oxygen atoms in total. The van der Waals surface area contributed by atoms with Crippen LogP contribution in [-0.2, 0) is 9.53 Å². The van der Waals surface area contributed by atoms with Crippen LogP contribution in [0.25, 0.3) is 6.08 Å². The van der Waals surface area contributed by atoms with E-state index in [2.05, 4.69) is 4.98 Å². The largest absolute Gasteiger partial charge is 0.466 e. The summed E-state index contributed by atoms with van der Waals surface area (Å²) in [5.41, 5.74) is 1.19. The van der Waals surface area contributed by atoms with Gasteiger partial charge in [-0.1, -0.05) is 12.2 Å². The van der Waals surface area contributed by atoms with E-state index in [9.17, 15) is 9.18 Å². The van der Waals surface area contributed by atoms with Crippen molar-refractivity contribution in [2.45, 2.75) is 20.3 Å². The molecule has 0 aliphatic heterocycles. The minimum Gasteiger partial charge on any atom is -0.466 e. The van der Waals surface area contributed by atoms with E-state index in [0.29, 0.717) is 12.2 Å². The molecule has 1 aromatic rings. The first kappa shape index (κ1) is 12.4. The highest BCUT2D eigenvalue weighted by Crippen LogP contribution is 2.11. The molecule has 0 saturated heterocycles. The Labute approximate surface area is 94.0 Å². The van der Waals surface area contributed by atoms with Gasteiger partial charge in [0, 0.05) is 11.8 Å². The summed E-state index contributed by atoms with van der Waals surface area (Å²) in [6.45, 7) is 3.77. The lowest BCUT2D eigenvalue weighted by atomic mass is 10.1. The van der Waals surface area contributed by atoms with Crippen LogP contribution >= 0.6 is 0 Å². The zero-order chi connectivity index (χ0) is 12.0. The van der Waals surface area contributed by atoms with Gasteiger partial charge in [0.2, 0.25) is 5.95 Å². The van der Waals surface area contributed by atoms with E-state index < -0.39 is 5.95 Å². The number of hydrogen-bond donors (Lipinski definition) is 0. The lowest BCUT2D eigenvalue weighted by molar-refractivity contribution is -0.142. The summed E-state index contributed by atoms with van der Waals surface area (Å²) >= 11 is 0. The summed E-state index contributed by atoms with van der Waals surface area (Å²) < 4.78 is 17.8. The highest BCUT2D eigenvalue weighted by molar-refractivity contribution is 5.72. The summed E-state index contributed by atoms with van der Waals surface area (Å²) in [5, 5.41) is 0. The fourth-order valence-electron chi connectivity index (χ4n) is 1.21. The van der Waals surface area contributed by atoms with Crippen LogP contribution in [0.3, 0.4) is 0 Å². The summed E-state index contributed by atoms with van der Waals surface area (Å²) in [5.74, 6) is -0.774. The van der Waals surface area contributed by atoms with Crippen LogP contribution in [0, 0.1) is 12.9 Å². The van der Waals surface area contributed by atoms with Crippen molar-refractivity contribution in [1.29, 1.82) is 0 Å². The van der Waals surface area contributed by atoms with E-state index in [1.807, 2.05) is 0 Å². The van der Waals surface area contributed by atoms with Crippen molar-refractivity contribution in [2.24, 2.45) is 0 Å². The third kappa shape index (κ3) is 3.46. The van der Waals surface area contributed by atoms with Gasteiger partial charge in [0.05, 0.1) is 13.0 Å². The number of hydrogen-bond acceptors (Lipinski definition) is 3. The molecule has 1 heterocycles. The van der Waals surface area contributed by atoms with E-state index in [0.717, 1.165) is 5.56 Å². The van der Waals surface area contributed by atoms with Crippen molar-refractivity contribution in [3.05, 3.63) is 35.4 Å². The highest BCUT2D eigenvalue weighted by atomic mass is 19.1. The second-order valence-electron chi connectivity index (χ2n) is 3.23. The molecule has 0 saturated carbocycles. The molecule has 16 heavy (non-hydrogen) atoms. The zero-order valence-corrected chi connectivity index (χ0v) is 9.37. The smallest absolute Gasteiger partial charge is 0.309 e. The predicted octanol–water partition coefficient (Wildman–Crippen LogP) is 2.50. The van der Waals surface area contributed by atoms with Crippen LogP contribution in [-0.4, -0.2) is 17.6 Å². The van der Waals surface area contributed by atoms with Crippen molar-refractivity contribution in [3.8, 4) is 0 Å². The monoisotopic (exact) mass is 223 g/mol. The summed E-state index contributed by atoms with van der Waals surface area (Å²) in [7, 11) is 0. The van der Waals surface area contributed by atoms with E-state index in [1.54, 1.807) is 32.1 Å². The predicted molar refractivity (Wildman–Crippen MR) is 59.2 cm³/mol. The van der Waals surface area contributed by atoms with Crippen LogP contribution in [0.5, 0.6) is 0 Å². The molecule has 1 rings (SSSR count). The quantitative estimate of drug-likeness (QED) is 0.581. The van der Waals surface area contributed by atoms with Gasteiger partial charge in [0.15, 0.2) is 0 Å². The molecule has 0 spiro atoms. The van der Waals surface area contributed by atoms with E-state index >= 15 is 0 Å². The number of pyridine rings is 1. The first-order valence-electron chi connectivity index (χ1n) is 5.08. The first-order valence-corrected chi connectivity index (χ1v) is 5.08. The average Bonchev–Trinajstić information content (AvgIpc) is 2.25. The second-order valence-corrected chi connectivity index (χ2v) is 3.23. The SMILES string of the molecule is CCOC(=O)CC=Cc1ccnc(F)c1C. The summed E-state index contributed by atoms with van der Waals surface area (Å²) in [6.07, 6.45) is 4.93. The number of ether oxygens (including phenoxy) is 1. The van der Waals surface area contributed by atoms with Gasteiger partial charge in [-0.25, -0.2) is 4.98 Å². The fraction of sp³-hybridized carbons (Fsp3) is 0.333. The van der Waals surface area contributed by atoms with Crippen LogP contribution in [0.15, 0.2) is 18.3 Å². The Morgan fingerprint density at radius 3 is 3.06 bits per heavy atom. The van der Waals surface area contributed by atoms with E-state index in [-0.39, 0.29) is 12.4 Å². The lowest BCUT2D eigenvalue weighted by Gasteiger charge is -2.00. The van der Waals surface area contributed by atoms with Crippen LogP contribution in [0.2, 0.25) is 0 Å². The van der Waals surface area contributed by atoms with Gasteiger partial charge in [0.25, 0.3) is 0 Å². The Morgan fingerprint density at radius 2 is 2.38 bits per heavy atom. The Hall–Kier alpha value is -1.71. The zero-order valence-electron chi connectivity index (χ0n) is 9.37. The standard InChI is InChI=1S/C12H14FNO2/c1-3-16-11(15)6-4-5-10-7-8-14-12(13)9(10)2/h4-5,7-8H,3,6H2,1-2H3. The molecule has 1 aromatic heterocycles. The molecule has 0 bridgehead atoms. The Morgan fingerprint density at radius 1 is 1.62 bits per heavy atom. The van der Waals surface area contributed by atoms with Crippen LogP contribution in [0.4, 0.5) is 4.39 Å². The van der Waals surface area contributed by atoms with Crippen molar-refractivity contribution < 1.29 is 13.9 Å². The molecule has 0 fully saturated rings. The third-order valence-electron chi connectivity index (χ3n) is 2.07. The second kappa shape index (κ2) is 6.00. The Balaban J connectivity index is 2.63. The molecule has 0 aliphatic carbocycles. The molecular formula is C12H14FNO2. The molecule has 0 amide bonds. The topological polar surface area (TPSA) is 39.2 Å². The van der Waals surface area contributed by atoms with E-state index in [1.165, 1.54) is 6.20 Å². The minimum absolute atomic E-state index is 0.192. The molecule has 0 aliphatic rings. The van der Waals surface area contributed by atoms with Crippen molar-refractivity contribution >= 4 is 12.0 Å². The molecule has 86 valence electrons. The molecule has 0 N–H and O–H groups in total. The maximum absolute atomic E-state index is 13.0. The van der Waals surface area contributed by atoms with Gasteiger partial charge in [-0.15, -0.1) is 0 Å². The maximum Gasteiger partial charge on any atom is 0.309 e. The van der Waals surface area contributed by atoms with Crippen molar-refractivity contribution in [2.75, 3.05) is 6.61 Å². The van der Waals surface area contributed by atoms with Gasteiger partial charge >= 0.3 is 5.97 Å². The molecular weight excluding hydrogens is 209 g/mol. The fourth-order valence-corrected chi connectivity index (χ4v) is 1.21. The Kier molecular flexibility index (Phi) is 4.64. The number of rotatable bonds is 4. The van der Waals surface area contributed by atoms with Gasteiger partial charge < -0.3 is 4.74 Å². The highest BCUT2D eigenvalue weighted by Gasteiger charge is 2.02. The first-order chi connectivity index (χ1) is 7.65. The molecule has 0 unspecified atom stereocenters.